The summed E-state index contributed by atoms with van der Waals surface area (Å²) in [4.78, 5) is 23.8. The quantitative estimate of drug-likeness (QED) is 0.176. The van der Waals surface area contributed by atoms with Crippen LogP contribution in [0.3, 0.4) is 0 Å². The molecule has 0 unspecified atom stereocenters. The summed E-state index contributed by atoms with van der Waals surface area (Å²) in [5.74, 6) is -0.0577. The number of hydrogen-bond donors (Lipinski definition) is 4. The van der Waals surface area contributed by atoms with Gasteiger partial charge in [0.1, 0.15) is 0 Å². The van der Waals surface area contributed by atoms with Crippen molar-refractivity contribution in [3.63, 3.8) is 0 Å². The molecule has 0 bridgehead atoms. The Morgan fingerprint density at radius 1 is 0.824 bits per heavy atom. The number of ether oxygens (including phenoxy) is 2. The first kappa shape index (κ1) is 27.1. The molecule has 0 saturated heterocycles. The van der Waals surface area contributed by atoms with Crippen molar-refractivity contribution >= 4 is 56.1 Å². The van der Waals surface area contributed by atoms with Crippen molar-refractivity contribution in [1.29, 1.82) is 0 Å². The normalized spacial score (nSPS) is 11.1. The number of halogens is 2. The molecule has 34 heavy (non-hydrogen) atoms. The summed E-state index contributed by atoms with van der Waals surface area (Å²) >= 11 is 6.43. The van der Waals surface area contributed by atoms with Crippen LogP contribution in [0.4, 0.5) is 0 Å². The Labute approximate surface area is 213 Å². The number of hydrazone groups is 2. The molecule has 0 atom stereocenters. The fraction of sp³-hybridized carbons (Fsp3) is 0.273. The Kier molecular flexibility index (Phi) is 10.8. The SMILES string of the molecule is COc1cc(/C=N\NC(=O)CCCCC(=O)N/N=C\c2cc(Br)c(O)c(OC)c2)cc(Br)c1O. The number of unbranched alkanes of at least 4 members (excludes halogenated alkanes) is 1. The van der Waals surface area contributed by atoms with Crippen molar-refractivity contribution in [1.82, 2.24) is 10.9 Å². The molecule has 10 nitrogen and oxygen atoms in total. The van der Waals surface area contributed by atoms with E-state index in [4.69, 9.17) is 9.47 Å². The number of aromatic hydroxyl groups is 2. The lowest BCUT2D eigenvalue weighted by molar-refractivity contribution is -0.123. The Balaban J connectivity index is 1.69. The van der Waals surface area contributed by atoms with Crippen LogP contribution in [0, 0.1) is 0 Å². The molecule has 2 aromatic carbocycles. The third-order valence-corrected chi connectivity index (χ3v) is 5.61. The highest BCUT2D eigenvalue weighted by Gasteiger charge is 2.09. The summed E-state index contributed by atoms with van der Waals surface area (Å²) in [6.45, 7) is 0. The second-order valence-corrected chi connectivity index (χ2v) is 8.61. The van der Waals surface area contributed by atoms with Gasteiger partial charge in [0.2, 0.25) is 11.8 Å². The van der Waals surface area contributed by atoms with E-state index < -0.39 is 0 Å². The standard InChI is InChI=1S/C22H24Br2N4O6/c1-33-17-9-13(7-15(23)21(17)31)11-25-27-19(29)5-3-4-6-20(30)28-26-12-14-8-16(24)22(32)18(10-14)34-2/h7-12,31-32H,3-6H2,1-2H3,(H,27,29)(H,28,30)/b25-11-,26-12-. The van der Waals surface area contributed by atoms with Crippen LogP contribution < -0.4 is 20.3 Å². The van der Waals surface area contributed by atoms with E-state index in [-0.39, 0.29) is 47.7 Å². The maximum Gasteiger partial charge on any atom is 0.240 e. The van der Waals surface area contributed by atoms with Gasteiger partial charge in [0.15, 0.2) is 23.0 Å². The van der Waals surface area contributed by atoms with E-state index in [2.05, 4.69) is 52.9 Å². The van der Waals surface area contributed by atoms with Gasteiger partial charge in [-0.15, -0.1) is 0 Å². The zero-order valence-electron chi connectivity index (χ0n) is 18.5. The fourth-order valence-corrected chi connectivity index (χ4v) is 3.61. The van der Waals surface area contributed by atoms with Crippen molar-refractivity contribution in [3.05, 3.63) is 44.3 Å². The van der Waals surface area contributed by atoms with Gasteiger partial charge in [0, 0.05) is 12.8 Å². The van der Waals surface area contributed by atoms with E-state index >= 15 is 0 Å². The lowest BCUT2D eigenvalue weighted by Crippen LogP contribution is -2.19. The third-order valence-electron chi connectivity index (χ3n) is 4.40. The number of phenols is 2. The first-order valence-electron chi connectivity index (χ1n) is 10.0. The van der Waals surface area contributed by atoms with Gasteiger partial charge in [-0.1, -0.05) is 0 Å². The maximum absolute atomic E-state index is 11.9. The van der Waals surface area contributed by atoms with Crippen molar-refractivity contribution in [3.8, 4) is 23.0 Å². The highest BCUT2D eigenvalue weighted by molar-refractivity contribution is 9.10. The van der Waals surface area contributed by atoms with E-state index in [1.54, 1.807) is 24.3 Å². The zero-order chi connectivity index (χ0) is 25.1. The lowest BCUT2D eigenvalue weighted by Gasteiger charge is -2.06. The van der Waals surface area contributed by atoms with Gasteiger partial charge in [-0.3, -0.25) is 9.59 Å². The van der Waals surface area contributed by atoms with Crippen molar-refractivity contribution in [2.24, 2.45) is 10.2 Å². The molecule has 0 aromatic heterocycles. The highest BCUT2D eigenvalue weighted by Crippen LogP contribution is 2.35. The van der Waals surface area contributed by atoms with E-state index in [1.807, 2.05) is 0 Å². The predicted octanol–water partition coefficient (Wildman–Crippen LogP) is 3.80. The highest BCUT2D eigenvalue weighted by atomic mass is 79.9. The van der Waals surface area contributed by atoms with Gasteiger partial charge < -0.3 is 19.7 Å². The molecule has 0 aliphatic rings. The van der Waals surface area contributed by atoms with Gasteiger partial charge in [0.25, 0.3) is 0 Å². The molecule has 2 rings (SSSR count). The van der Waals surface area contributed by atoms with E-state index in [9.17, 15) is 19.8 Å². The summed E-state index contributed by atoms with van der Waals surface area (Å²) < 4.78 is 11.0. The van der Waals surface area contributed by atoms with Crippen LogP contribution in [0.25, 0.3) is 0 Å². The second kappa shape index (κ2) is 13.6. The minimum atomic E-state index is -0.286. The third kappa shape index (κ3) is 8.34. The molecule has 2 amide bonds. The number of carbonyl (C=O) groups is 2. The molecule has 0 radical (unpaired) electrons. The summed E-state index contributed by atoms with van der Waals surface area (Å²) in [7, 11) is 2.87. The molecule has 0 aliphatic heterocycles. The largest absolute Gasteiger partial charge is 0.503 e. The van der Waals surface area contributed by atoms with Gasteiger partial charge in [0.05, 0.1) is 35.6 Å². The Morgan fingerprint density at radius 2 is 1.21 bits per heavy atom. The summed E-state index contributed by atoms with van der Waals surface area (Å²) in [6, 6.07) is 6.42. The molecule has 0 saturated carbocycles. The molecule has 0 aliphatic carbocycles. The lowest BCUT2D eigenvalue weighted by atomic mass is 10.2. The molecule has 12 heteroatoms. The van der Waals surface area contributed by atoms with Crippen molar-refractivity contribution < 1.29 is 29.3 Å². The topological polar surface area (TPSA) is 142 Å². The summed E-state index contributed by atoms with van der Waals surface area (Å²) in [5.41, 5.74) is 6.08. The van der Waals surface area contributed by atoms with Crippen LogP contribution in [0.15, 0.2) is 43.4 Å². The van der Waals surface area contributed by atoms with Crippen LogP contribution in [-0.4, -0.2) is 48.7 Å². The van der Waals surface area contributed by atoms with Gasteiger partial charge in [-0.2, -0.15) is 10.2 Å². The van der Waals surface area contributed by atoms with E-state index in [0.29, 0.717) is 32.9 Å². The molecule has 2 aromatic rings. The van der Waals surface area contributed by atoms with Crippen molar-refractivity contribution in [2.75, 3.05) is 14.2 Å². The molecule has 0 spiro atoms. The number of methoxy groups -OCH3 is 2. The van der Waals surface area contributed by atoms with Gasteiger partial charge in [-0.25, -0.2) is 10.9 Å². The predicted molar refractivity (Wildman–Crippen MR) is 135 cm³/mol. The summed E-state index contributed by atoms with van der Waals surface area (Å²) in [6.07, 6.45) is 4.27. The number of rotatable bonds is 11. The molecule has 182 valence electrons. The van der Waals surface area contributed by atoms with E-state index in [1.165, 1.54) is 26.6 Å². The Bertz CT molecular complexity index is 1010. The number of amides is 2. The number of phenolic OH excluding ortho intramolecular Hbond substituents is 2. The summed E-state index contributed by atoms with van der Waals surface area (Å²) in [5, 5.41) is 27.4. The Hall–Kier alpha value is -3.12. The maximum atomic E-state index is 11.9. The van der Waals surface area contributed by atoms with Crippen LogP contribution in [0.1, 0.15) is 36.8 Å². The number of nitrogens with zero attached hydrogens (tertiary/aromatic N) is 2. The van der Waals surface area contributed by atoms with E-state index in [0.717, 1.165) is 0 Å². The zero-order valence-corrected chi connectivity index (χ0v) is 21.6. The average molecular weight is 600 g/mol. The molecule has 0 fully saturated rings. The van der Waals surface area contributed by atoms with Gasteiger partial charge in [-0.05, 0) is 80.1 Å². The molecule has 0 heterocycles. The van der Waals surface area contributed by atoms with Crippen LogP contribution in [-0.2, 0) is 9.59 Å². The molecule has 4 N–H and O–H groups in total. The van der Waals surface area contributed by atoms with Crippen LogP contribution in [0.5, 0.6) is 23.0 Å². The monoisotopic (exact) mass is 598 g/mol. The molecular formula is C22H24Br2N4O6. The Morgan fingerprint density at radius 3 is 1.56 bits per heavy atom. The number of benzene rings is 2. The second-order valence-electron chi connectivity index (χ2n) is 6.90. The minimum absolute atomic E-state index is 0.0212. The first-order valence-corrected chi connectivity index (χ1v) is 11.6. The molecular weight excluding hydrogens is 576 g/mol. The smallest absolute Gasteiger partial charge is 0.240 e. The first-order chi connectivity index (χ1) is 16.2. The van der Waals surface area contributed by atoms with Gasteiger partial charge >= 0.3 is 0 Å². The average Bonchev–Trinajstić information content (AvgIpc) is 2.81. The van der Waals surface area contributed by atoms with Crippen LogP contribution in [0.2, 0.25) is 0 Å². The van der Waals surface area contributed by atoms with Crippen LogP contribution >= 0.6 is 31.9 Å². The minimum Gasteiger partial charge on any atom is -0.503 e. The number of carbonyl (C=O) groups excluding carboxylic acids is 2. The number of hydrogen-bond acceptors (Lipinski definition) is 8. The van der Waals surface area contributed by atoms with Crippen molar-refractivity contribution in [2.45, 2.75) is 25.7 Å². The number of nitrogens with one attached hydrogen (secondary N) is 2. The fourth-order valence-electron chi connectivity index (χ4n) is 2.69.